The Balaban J connectivity index is 1.87. The molecule has 3 heteroatoms. The molecular formula is C12H17FN2. The van der Waals surface area contributed by atoms with Gasteiger partial charge in [-0.1, -0.05) is 18.2 Å². The van der Waals surface area contributed by atoms with Crippen LogP contribution >= 0.6 is 0 Å². The van der Waals surface area contributed by atoms with Gasteiger partial charge in [0.2, 0.25) is 0 Å². The molecule has 0 saturated carbocycles. The first kappa shape index (κ1) is 10.4. The van der Waals surface area contributed by atoms with Crippen LogP contribution in [-0.4, -0.2) is 25.3 Å². The number of alkyl halides is 1. The van der Waals surface area contributed by atoms with Gasteiger partial charge in [-0.3, -0.25) is 0 Å². The molecule has 1 aliphatic rings. The van der Waals surface area contributed by atoms with Crippen LogP contribution in [0.4, 0.5) is 10.1 Å². The summed E-state index contributed by atoms with van der Waals surface area (Å²) < 4.78 is 14.2. The van der Waals surface area contributed by atoms with E-state index in [1.54, 1.807) is 0 Å². The van der Waals surface area contributed by atoms with Gasteiger partial charge < -0.3 is 10.6 Å². The average Bonchev–Trinajstić information content (AvgIpc) is 2.29. The molecule has 0 atom stereocenters. The zero-order chi connectivity index (χ0) is 10.6. The lowest BCUT2D eigenvalue weighted by Crippen LogP contribution is -2.43. The van der Waals surface area contributed by atoms with Gasteiger partial charge in [0.05, 0.1) is 0 Å². The van der Waals surface area contributed by atoms with Crippen molar-refractivity contribution in [3.8, 4) is 0 Å². The molecule has 0 unspecified atom stereocenters. The molecule has 1 heterocycles. The number of nitrogens with one attached hydrogen (secondary N) is 2. The Hall–Kier alpha value is -1.09. The molecule has 1 aliphatic heterocycles. The fourth-order valence-corrected chi connectivity index (χ4v) is 1.87. The second kappa shape index (κ2) is 4.62. The molecule has 1 aromatic carbocycles. The minimum atomic E-state index is -1.04. The van der Waals surface area contributed by atoms with Crippen molar-refractivity contribution in [3.63, 3.8) is 0 Å². The molecule has 0 amide bonds. The Morgan fingerprint density at radius 1 is 1.20 bits per heavy atom. The van der Waals surface area contributed by atoms with Crippen LogP contribution in [-0.2, 0) is 0 Å². The van der Waals surface area contributed by atoms with E-state index in [9.17, 15) is 4.39 Å². The number of para-hydroxylation sites is 1. The molecule has 0 spiro atoms. The summed E-state index contributed by atoms with van der Waals surface area (Å²) in [6.45, 7) is 1.98. The first-order valence-corrected chi connectivity index (χ1v) is 5.47. The molecular weight excluding hydrogens is 191 g/mol. The number of hydrogen-bond acceptors (Lipinski definition) is 2. The van der Waals surface area contributed by atoms with Gasteiger partial charge in [0, 0.05) is 12.2 Å². The Morgan fingerprint density at radius 2 is 1.87 bits per heavy atom. The van der Waals surface area contributed by atoms with Crippen molar-refractivity contribution in [2.45, 2.75) is 18.5 Å². The molecule has 1 fully saturated rings. The maximum absolute atomic E-state index is 14.2. The van der Waals surface area contributed by atoms with Crippen LogP contribution in [0, 0.1) is 0 Å². The Kier molecular flexibility index (Phi) is 3.21. The van der Waals surface area contributed by atoms with Crippen LogP contribution in [0.25, 0.3) is 0 Å². The van der Waals surface area contributed by atoms with Crippen LogP contribution in [0.15, 0.2) is 30.3 Å². The molecule has 2 N–H and O–H groups in total. The van der Waals surface area contributed by atoms with Gasteiger partial charge in [-0.05, 0) is 38.1 Å². The third-order valence-electron chi connectivity index (χ3n) is 2.88. The third kappa shape index (κ3) is 2.93. The first-order chi connectivity index (χ1) is 7.29. The lowest BCUT2D eigenvalue weighted by atomic mass is 9.94. The van der Waals surface area contributed by atoms with Gasteiger partial charge in [-0.15, -0.1) is 0 Å². The molecule has 0 aliphatic carbocycles. The van der Waals surface area contributed by atoms with Crippen LogP contribution in [0.3, 0.4) is 0 Å². The maximum Gasteiger partial charge on any atom is 0.130 e. The van der Waals surface area contributed by atoms with E-state index in [0.717, 1.165) is 18.8 Å². The van der Waals surface area contributed by atoms with Crippen LogP contribution in [0.5, 0.6) is 0 Å². The molecule has 15 heavy (non-hydrogen) atoms. The number of halogens is 1. The number of anilines is 1. The molecule has 0 bridgehead atoms. The molecule has 2 nitrogen and oxygen atoms in total. The summed E-state index contributed by atoms with van der Waals surface area (Å²) >= 11 is 0. The zero-order valence-electron chi connectivity index (χ0n) is 8.80. The summed E-state index contributed by atoms with van der Waals surface area (Å²) in [7, 11) is 0. The summed E-state index contributed by atoms with van der Waals surface area (Å²) in [5.74, 6) is 0. The fraction of sp³-hybridized carbons (Fsp3) is 0.500. The minimum Gasteiger partial charge on any atom is -0.382 e. The predicted molar refractivity (Wildman–Crippen MR) is 60.9 cm³/mol. The molecule has 1 saturated heterocycles. The second-order valence-electron chi connectivity index (χ2n) is 4.12. The van der Waals surface area contributed by atoms with E-state index in [1.165, 1.54) is 0 Å². The van der Waals surface area contributed by atoms with Gasteiger partial charge >= 0.3 is 0 Å². The summed E-state index contributed by atoms with van der Waals surface area (Å²) in [6.07, 6.45) is 1.21. The SMILES string of the molecule is FC1(CNc2ccccc2)CCNCC1. The van der Waals surface area contributed by atoms with Crippen molar-refractivity contribution in [2.24, 2.45) is 0 Å². The maximum atomic E-state index is 14.2. The number of benzene rings is 1. The zero-order valence-corrected chi connectivity index (χ0v) is 8.80. The molecule has 0 radical (unpaired) electrons. The fourth-order valence-electron chi connectivity index (χ4n) is 1.87. The topological polar surface area (TPSA) is 24.1 Å². The minimum absolute atomic E-state index is 0.415. The van der Waals surface area contributed by atoms with Crippen molar-refractivity contribution in [3.05, 3.63) is 30.3 Å². The normalized spacial score (nSPS) is 19.8. The van der Waals surface area contributed by atoms with E-state index < -0.39 is 5.67 Å². The summed E-state index contributed by atoms with van der Waals surface area (Å²) in [4.78, 5) is 0. The van der Waals surface area contributed by atoms with E-state index in [1.807, 2.05) is 30.3 Å². The summed E-state index contributed by atoms with van der Waals surface area (Å²) in [5, 5.41) is 6.32. The average molecular weight is 208 g/mol. The van der Waals surface area contributed by atoms with Gasteiger partial charge in [0.1, 0.15) is 5.67 Å². The molecule has 82 valence electrons. The Labute approximate surface area is 89.9 Å². The Bertz CT molecular complexity index is 294. The first-order valence-electron chi connectivity index (χ1n) is 5.47. The van der Waals surface area contributed by atoms with Crippen molar-refractivity contribution >= 4 is 5.69 Å². The van der Waals surface area contributed by atoms with Crippen molar-refractivity contribution < 1.29 is 4.39 Å². The van der Waals surface area contributed by atoms with Crippen molar-refractivity contribution in [1.29, 1.82) is 0 Å². The van der Waals surface area contributed by atoms with Gasteiger partial charge in [0.15, 0.2) is 0 Å². The molecule has 1 aromatic rings. The van der Waals surface area contributed by atoms with Crippen LogP contribution < -0.4 is 10.6 Å². The second-order valence-corrected chi connectivity index (χ2v) is 4.12. The van der Waals surface area contributed by atoms with Gasteiger partial charge in [-0.25, -0.2) is 4.39 Å². The highest BCUT2D eigenvalue weighted by atomic mass is 19.1. The lowest BCUT2D eigenvalue weighted by molar-refractivity contribution is 0.131. The van der Waals surface area contributed by atoms with E-state index in [4.69, 9.17) is 0 Å². The summed E-state index contributed by atoms with van der Waals surface area (Å²) in [6, 6.07) is 9.79. The lowest BCUT2D eigenvalue weighted by Gasteiger charge is -2.30. The summed E-state index contributed by atoms with van der Waals surface area (Å²) in [5.41, 5.74) is -0.0470. The number of piperidine rings is 1. The monoisotopic (exact) mass is 208 g/mol. The molecule has 0 aromatic heterocycles. The van der Waals surface area contributed by atoms with Gasteiger partial charge in [-0.2, -0.15) is 0 Å². The largest absolute Gasteiger partial charge is 0.382 e. The highest BCUT2D eigenvalue weighted by Crippen LogP contribution is 2.23. The van der Waals surface area contributed by atoms with E-state index >= 15 is 0 Å². The molecule has 2 rings (SSSR count). The number of hydrogen-bond donors (Lipinski definition) is 2. The van der Waals surface area contributed by atoms with E-state index in [-0.39, 0.29) is 0 Å². The van der Waals surface area contributed by atoms with Crippen molar-refractivity contribution in [2.75, 3.05) is 25.0 Å². The Morgan fingerprint density at radius 3 is 2.53 bits per heavy atom. The standard InChI is InChI=1S/C12H17FN2/c13-12(6-8-14-9-7-12)10-15-11-4-2-1-3-5-11/h1-5,14-15H,6-10H2. The van der Waals surface area contributed by atoms with E-state index in [2.05, 4.69) is 10.6 Å². The van der Waals surface area contributed by atoms with Crippen LogP contribution in [0.1, 0.15) is 12.8 Å². The predicted octanol–water partition coefficient (Wildman–Crippen LogP) is 2.19. The van der Waals surface area contributed by atoms with Crippen molar-refractivity contribution in [1.82, 2.24) is 5.32 Å². The quantitative estimate of drug-likeness (QED) is 0.795. The third-order valence-corrected chi connectivity index (χ3v) is 2.88. The highest BCUT2D eigenvalue weighted by Gasteiger charge is 2.31. The van der Waals surface area contributed by atoms with E-state index in [0.29, 0.717) is 19.4 Å². The smallest absolute Gasteiger partial charge is 0.130 e. The van der Waals surface area contributed by atoms with Gasteiger partial charge in [0.25, 0.3) is 0 Å². The van der Waals surface area contributed by atoms with Crippen LogP contribution in [0.2, 0.25) is 0 Å². The number of rotatable bonds is 3. The highest BCUT2D eigenvalue weighted by molar-refractivity contribution is 5.42.